The molecule has 0 fully saturated rings. The lowest BCUT2D eigenvalue weighted by atomic mass is 10.1. The Morgan fingerprint density at radius 2 is 1.06 bits per heavy atom. The number of aliphatic hydroxyl groups is 4. The molecule has 7 heteroatoms. The van der Waals surface area contributed by atoms with E-state index in [1.54, 1.807) is 0 Å². The van der Waals surface area contributed by atoms with E-state index in [-0.39, 0.29) is 39.0 Å². The van der Waals surface area contributed by atoms with Crippen LogP contribution in [0.15, 0.2) is 0 Å². The van der Waals surface area contributed by atoms with Crippen molar-refractivity contribution >= 4 is 0 Å². The van der Waals surface area contributed by atoms with Crippen LogP contribution in [0.2, 0.25) is 0 Å². The van der Waals surface area contributed by atoms with Crippen molar-refractivity contribution in [3.8, 4) is 0 Å². The summed E-state index contributed by atoms with van der Waals surface area (Å²) in [4.78, 5) is 0. The minimum atomic E-state index is -0.712. The molecular weight excluding hydrogens is 226 g/mol. The lowest BCUT2D eigenvalue weighted by Crippen LogP contribution is -2.37. The van der Waals surface area contributed by atoms with Gasteiger partial charge in [0.05, 0.1) is 24.4 Å². The summed E-state index contributed by atoms with van der Waals surface area (Å²) in [5, 5.41) is 40.1. The Bertz CT molecular complexity index is 167. The number of hydrogen-bond acceptors (Lipinski definition) is 7. The van der Waals surface area contributed by atoms with Crippen molar-refractivity contribution in [1.82, 2.24) is 5.32 Å². The summed E-state index contributed by atoms with van der Waals surface area (Å²) in [6, 6.07) is 0. The van der Waals surface area contributed by atoms with Gasteiger partial charge in [-0.1, -0.05) is 0 Å². The molecule has 0 spiro atoms. The van der Waals surface area contributed by atoms with Gasteiger partial charge in [-0.2, -0.15) is 0 Å². The molecule has 0 bridgehead atoms. The molecule has 0 aliphatic heterocycles. The highest BCUT2D eigenvalue weighted by Gasteiger charge is 2.13. The van der Waals surface area contributed by atoms with Crippen LogP contribution in [0.1, 0.15) is 12.8 Å². The first-order chi connectivity index (χ1) is 7.99. The van der Waals surface area contributed by atoms with E-state index in [9.17, 15) is 20.4 Å². The van der Waals surface area contributed by atoms with E-state index in [1.807, 2.05) is 0 Å². The zero-order chi connectivity index (χ0) is 13.3. The summed E-state index contributed by atoms with van der Waals surface area (Å²) in [7, 11) is 0. The quantitative estimate of drug-likeness (QED) is 0.215. The fourth-order valence-electron chi connectivity index (χ4n) is 1.40. The van der Waals surface area contributed by atoms with Crippen LogP contribution in [0.3, 0.4) is 0 Å². The largest absolute Gasteiger partial charge is 0.392 e. The van der Waals surface area contributed by atoms with Gasteiger partial charge in [0.1, 0.15) is 0 Å². The summed E-state index contributed by atoms with van der Waals surface area (Å²) in [5.74, 6) is 0. The van der Waals surface area contributed by atoms with Crippen molar-refractivity contribution in [2.24, 2.45) is 11.5 Å². The second-order valence-electron chi connectivity index (χ2n) is 4.22. The molecule has 104 valence electrons. The average molecular weight is 251 g/mol. The van der Waals surface area contributed by atoms with Crippen molar-refractivity contribution in [3.05, 3.63) is 0 Å². The fourth-order valence-corrected chi connectivity index (χ4v) is 1.40. The molecule has 0 saturated carbocycles. The number of nitrogens with one attached hydrogen (secondary N) is 1. The van der Waals surface area contributed by atoms with Gasteiger partial charge in [-0.15, -0.1) is 0 Å². The third kappa shape index (κ3) is 9.42. The monoisotopic (exact) mass is 251 g/mol. The van der Waals surface area contributed by atoms with Gasteiger partial charge in [0.25, 0.3) is 0 Å². The van der Waals surface area contributed by atoms with E-state index in [1.165, 1.54) is 0 Å². The summed E-state index contributed by atoms with van der Waals surface area (Å²) < 4.78 is 0. The summed E-state index contributed by atoms with van der Waals surface area (Å²) in [6.45, 7) is 0.741. The second-order valence-corrected chi connectivity index (χ2v) is 4.22. The van der Waals surface area contributed by atoms with Crippen LogP contribution in [-0.2, 0) is 0 Å². The minimum absolute atomic E-state index is 0.113. The van der Waals surface area contributed by atoms with Crippen molar-refractivity contribution in [2.45, 2.75) is 37.3 Å². The smallest absolute Gasteiger partial charge is 0.0689 e. The molecule has 0 aliphatic rings. The van der Waals surface area contributed by atoms with Crippen LogP contribution in [0.4, 0.5) is 0 Å². The summed E-state index contributed by atoms with van der Waals surface area (Å²) in [6.07, 6.45) is -2.44. The number of nitrogens with two attached hydrogens (primary N) is 2. The van der Waals surface area contributed by atoms with E-state index in [0.29, 0.717) is 0 Å². The van der Waals surface area contributed by atoms with Gasteiger partial charge >= 0.3 is 0 Å². The van der Waals surface area contributed by atoms with Gasteiger partial charge in [0.2, 0.25) is 0 Å². The standard InChI is InChI=1S/C10H25N3O4/c11-3-7(14)1-9(16)5-13-6-10(17)2-8(15)4-12/h7-10,13-17H,1-6,11-12H2/t7-,8+,9+,10-. The second kappa shape index (κ2) is 9.72. The van der Waals surface area contributed by atoms with E-state index in [4.69, 9.17) is 11.5 Å². The maximum Gasteiger partial charge on any atom is 0.0689 e. The first kappa shape index (κ1) is 16.7. The molecule has 0 aromatic heterocycles. The maximum absolute atomic E-state index is 9.46. The fraction of sp³-hybridized carbons (Fsp3) is 1.00. The molecular formula is C10H25N3O4. The molecule has 0 saturated heterocycles. The Morgan fingerprint density at radius 3 is 1.35 bits per heavy atom. The Balaban J connectivity index is 3.55. The van der Waals surface area contributed by atoms with Gasteiger partial charge in [-0.3, -0.25) is 0 Å². The van der Waals surface area contributed by atoms with Crippen molar-refractivity contribution in [3.63, 3.8) is 0 Å². The molecule has 0 heterocycles. The number of aliphatic hydroxyl groups excluding tert-OH is 4. The third-order valence-corrected chi connectivity index (χ3v) is 2.39. The van der Waals surface area contributed by atoms with E-state index in [0.717, 1.165) is 0 Å². The molecule has 9 N–H and O–H groups in total. The summed E-state index contributed by atoms with van der Waals surface area (Å²) >= 11 is 0. The highest BCUT2D eigenvalue weighted by molar-refractivity contribution is 4.70. The van der Waals surface area contributed by atoms with Crippen LogP contribution < -0.4 is 16.8 Å². The SMILES string of the molecule is NC[C@@H](O)C[C@@H](O)CNC[C@@H](O)C[C@@H](O)CN. The molecule has 0 aromatic carbocycles. The Labute approximate surface area is 101 Å². The Morgan fingerprint density at radius 1 is 0.706 bits per heavy atom. The van der Waals surface area contributed by atoms with Crippen molar-refractivity contribution < 1.29 is 20.4 Å². The molecule has 0 radical (unpaired) electrons. The van der Waals surface area contributed by atoms with Crippen LogP contribution >= 0.6 is 0 Å². The lowest BCUT2D eigenvalue weighted by Gasteiger charge is -2.18. The van der Waals surface area contributed by atoms with Gasteiger partial charge < -0.3 is 37.2 Å². The van der Waals surface area contributed by atoms with Gasteiger partial charge in [-0.25, -0.2) is 0 Å². The predicted octanol–water partition coefficient (Wildman–Crippen LogP) is -3.28. The van der Waals surface area contributed by atoms with Gasteiger partial charge in [0.15, 0.2) is 0 Å². The molecule has 0 unspecified atom stereocenters. The summed E-state index contributed by atoms with van der Waals surface area (Å²) in [5.41, 5.74) is 10.4. The zero-order valence-corrected chi connectivity index (χ0v) is 10.00. The number of rotatable bonds is 10. The first-order valence-electron chi connectivity index (χ1n) is 5.82. The maximum atomic E-state index is 9.46. The van der Waals surface area contributed by atoms with Crippen LogP contribution in [0.5, 0.6) is 0 Å². The molecule has 17 heavy (non-hydrogen) atoms. The molecule has 0 rings (SSSR count). The van der Waals surface area contributed by atoms with Crippen LogP contribution in [-0.4, -0.2) is 71.0 Å². The average Bonchev–Trinajstić information content (AvgIpc) is 2.28. The van der Waals surface area contributed by atoms with E-state index in [2.05, 4.69) is 5.32 Å². The molecule has 0 amide bonds. The first-order valence-corrected chi connectivity index (χ1v) is 5.82. The highest BCUT2D eigenvalue weighted by Crippen LogP contribution is 1.98. The van der Waals surface area contributed by atoms with Crippen molar-refractivity contribution in [1.29, 1.82) is 0 Å². The van der Waals surface area contributed by atoms with Crippen molar-refractivity contribution in [2.75, 3.05) is 26.2 Å². The molecule has 0 aromatic rings. The minimum Gasteiger partial charge on any atom is -0.392 e. The molecule has 0 aliphatic carbocycles. The predicted molar refractivity (Wildman–Crippen MR) is 64.2 cm³/mol. The van der Waals surface area contributed by atoms with Gasteiger partial charge in [0, 0.05) is 39.0 Å². The Kier molecular flexibility index (Phi) is 9.56. The normalized spacial score (nSPS) is 18.7. The third-order valence-electron chi connectivity index (χ3n) is 2.39. The van der Waals surface area contributed by atoms with Crippen LogP contribution in [0, 0.1) is 0 Å². The van der Waals surface area contributed by atoms with E-state index < -0.39 is 24.4 Å². The van der Waals surface area contributed by atoms with Crippen LogP contribution in [0.25, 0.3) is 0 Å². The number of hydrogen-bond donors (Lipinski definition) is 7. The Hall–Kier alpha value is -0.280. The zero-order valence-electron chi connectivity index (χ0n) is 10.00. The topological polar surface area (TPSA) is 145 Å². The highest BCUT2D eigenvalue weighted by atomic mass is 16.3. The molecule has 7 nitrogen and oxygen atoms in total. The molecule has 4 atom stereocenters. The van der Waals surface area contributed by atoms with Gasteiger partial charge in [-0.05, 0) is 0 Å². The lowest BCUT2D eigenvalue weighted by molar-refractivity contribution is 0.0701. The van der Waals surface area contributed by atoms with E-state index >= 15 is 0 Å².